The number of allylic oxidation sites excluding steroid dienone is 6. The van der Waals surface area contributed by atoms with Crippen molar-refractivity contribution in [3.8, 4) is 79.3 Å². The van der Waals surface area contributed by atoms with Crippen LogP contribution in [0.3, 0.4) is 0 Å². The van der Waals surface area contributed by atoms with Crippen molar-refractivity contribution in [2.75, 3.05) is 0 Å². The first-order valence-corrected chi connectivity index (χ1v) is 37.7. The number of aromatic nitrogens is 8. The molecule has 20 aromatic rings. The maximum absolute atomic E-state index is 4.10. The predicted octanol–water partition coefficient (Wildman–Crippen LogP) is 23.0. The third-order valence-corrected chi connectivity index (χ3v) is 22.8. The Morgan fingerprint density at radius 3 is 1.21 bits per heavy atom. The fourth-order valence-corrected chi connectivity index (χ4v) is 17.9. The van der Waals surface area contributed by atoms with Crippen molar-refractivity contribution in [1.29, 1.82) is 0 Å². The van der Waals surface area contributed by atoms with Crippen LogP contribution in [0.4, 0.5) is 0 Å². The van der Waals surface area contributed by atoms with Crippen LogP contribution in [-0.2, 0) is 32.9 Å². The molecule has 0 amide bonds. The Morgan fingerprint density at radius 1 is 0.378 bits per heavy atom. The van der Waals surface area contributed by atoms with Crippen molar-refractivity contribution >= 4 is 109 Å². The van der Waals surface area contributed by atoms with E-state index in [9.17, 15) is 0 Å². The van der Waals surface area contributed by atoms with E-state index in [1.165, 1.54) is 131 Å². The molecule has 4 aliphatic rings. The Balaban J connectivity index is 0.000000121. The van der Waals surface area contributed by atoms with Crippen molar-refractivity contribution in [2.45, 2.75) is 32.6 Å². The molecule has 525 valence electrons. The summed E-state index contributed by atoms with van der Waals surface area (Å²) in [4.78, 5) is 8.19. The number of pyridine rings is 1. The zero-order valence-corrected chi connectivity index (χ0v) is 62.8. The quantitative estimate of drug-likeness (QED) is 0.0820. The van der Waals surface area contributed by atoms with E-state index in [0.29, 0.717) is 11.6 Å². The molecule has 0 fully saturated rings. The summed E-state index contributed by atoms with van der Waals surface area (Å²) in [7, 11) is 0. The van der Waals surface area contributed by atoms with E-state index in [2.05, 4.69) is 367 Å². The molecule has 0 N–H and O–H groups in total. The Morgan fingerprint density at radius 2 is 0.784 bits per heavy atom. The van der Waals surface area contributed by atoms with Crippen molar-refractivity contribution < 1.29 is 29.2 Å². The maximum Gasteiger partial charge on any atom is 0.268 e. The van der Waals surface area contributed by atoms with E-state index < -0.39 is 0 Å². The molecule has 0 aliphatic heterocycles. The summed E-state index contributed by atoms with van der Waals surface area (Å²) < 4.78 is 9.15. The third kappa shape index (κ3) is 10.7. The molecule has 0 unspecified atom stereocenters. The van der Waals surface area contributed by atoms with Crippen LogP contribution in [0.25, 0.3) is 189 Å². The van der Waals surface area contributed by atoms with E-state index in [4.69, 9.17) is 0 Å². The Kier molecular flexibility index (Phi) is 15.8. The van der Waals surface area contributed by atoms with Crippen LogP contribution in [0.2, 0.25) is 0 Å². The normalized spacial score (nSPS) is 13.1. The second kappa shape index (κ2) is 26.7. The fraction of sp³-hybridized carbons (Fsp3) is 0.0490. The smallest absolute Gasteiger partial charge is 0.268 e. The van der Waals surface area contributed by atoms with Gasteiger partial charge in [-0.2, -0.15) is 24.3 Å². The number of nitrogens with zero attached hydrogens (tertiary/aromatic N) is 8. The van der Waals surface area contributed by atoms with Crippen LogP contribution < -0.4 is 14.2 Å². The minimum Gasteiger partial charge on any atom is -0.421 e. The number of imidazole rings is 2. The molecule has 1 radical (unpaired) electrons. The van der Waals surface area contributed by atoms with E-state index in [-0.39, 0.29) is 20.1 Å². The first kappa shape index (κ1) is 65.7. The van der Waals surface area contributed by atoms with Gasteiger partial charge in [-0.05, 0) is 182 Å². The first-order valence-electron chi connectivity index (χ1n) is 37.7. The molecule has 0 atom stereocenters. The van der Waals surface area contributed by atoms with Crippen molar-refractivity contribution in [2.24, 2.45) is 0 Å². The summed E-state index contributed by atoms with van der Waals surface area (Å²) in [6.07, 6.45) is 27.4. The number of hydrogen-bond acceptors (Lipinski definition) is 3. The van der Waals surface area contributed by atoms with E-state index in [1.807, 2.05) is 18.2 Å². The molecular weight excluding hydrogens is 1530 g/mol. The van der Waals surface area contributed by atoms with Gasteiger partial charge in [0.15, 0.2) is 0 Å². The molecule has 4 aliphatic carbocycles. The minimum atomic E-state index is 0. The maximum atomic E-state index is 4.10. The molecule has 4 heterocycles. The molecule has 0 bridgehead atoms. The third-order valence-electron chi connectivity index (χ3n) is 22.8. The van der Waals surface area contributed by atoms with Gasteiger partial charge in [0.05, 0.1) is 39.8 Å². The zero-order valence-electron chi connectivity index (χ0n) is 60.4. The Hall–Kier alpha value is -13.6. The standard InChI is InChI=1S/2C47H29N2.C8H7N4.Ir/c2*1-3-9-36(10-4-1)46-47(37-11-5-2-6-12-37)49(41-28-24-35-20-18-31-14-8-16-33-22-26-39(41)45(35)43(31)33)29-48(46)40-27-23-34-19-17-30-13-7-15-32-21-25-38(40)44(34)42(30)32;1-6-10-8(12-11-6)7-4-2-3-5-9-7;/h2*1-13,15-19,21-27H,14,20H2;2-5H,1H3;/q3*-1;. The van der Waals surface area contributed by atoms with Crippen LogP contribution in [-0.4, -0.2) is 24.2 Å². The van der Waals surface area contributed by atoms with Crippen LogP contribution in [0.15, 0.2) is 316 Å². The molecule has 16 aromatic carbocycles. The number of benzene rings is 16. The van der Waals surface area contributed by atoms with Gasteiger partial charge < -0.3 is 19.2 Å². The average molecular weight is 1590 g/mol. The second-order valence-electron chi connectivity index (χ2n) is 29.0. The van der Waals surface area contributed by atoms with Gasteiger partial charge in [0, 0.05) is 32.1 Å². The molecule has 24 rings (SSSR count). The van der Waals surface area contributed by atoms with Crippen LogP contribution in [0, 0.1) is 31.7 Å². The molecular formula is C102H65IrN8-3. The van der Waals surface area contributed by atoms with Gasteiger partial charge in [-0.25, -0.2) is 0 Å². The molecule has 111 heavy (non-hydrogen) atoms. The Bertz CT molecular complexity index is 6820. The summed E-state index contributed by atoms with van der Waals surface area (Å²) in [6, 6.07) is 110. The number of aryl methyl sites for hydroxylation is 1. The van der Waals surface area contributed by atoms with Gasteiger partial charge in [0.1, 0.15) is 0 Å². The molecule has 0 saturated heterocycles. The summed E-state index contributed by atoms with van der Waals surface area (Å²) in [5.41, 5.74) is 24.8. The summed E-state index contributed by atoms with van der Waals surface area (Å²) >= 11 is 0. The molecule has 8 nitrogen and oxygen atoms in total. The van der Waals surface area contributed by atoms with Gasteiger partial charge in [0.25, 0.3) is 12.7 Å². The molecule has 0 spiro atoms. The molecule has 4 aromatic heterocycles. The first-order chi connectivity index (χ1) is 54.5. The molecule has 9 heteroatoms. The van der Waals surface area contributed by atoms with E-state index in [1.54, 1.807) is 13.1 Å². The van der Waals surface area contributed by atoms with Crippen LogP contribution >= 0.6 is 0 Å². The minimum absolute atomic E-state index is 0. The van der Waals surface area contributed by atoms with E-state index >= 15 is 0 Å². The van der Waals surface area contributed by atoms with Gasteiger partial charge in [-0.1, -0.05) is 286 Å². The predicted molar refractivity (Wildman–Crippen MR) is 448 cm³/mol. The summed E-state index contributed by atoms with van der Waals surface area (Å²) in [6.45, 7) is 1.80. The zero-order chi connectivity index (χ0) is 72.5. The summed E-state index contributed by atoms with van der Waals surface area (Å²) in [5, 5.41) is 28.0. The van der Waals surface area contributed by atoms with Crippen LogP contribution in [0.1, 0.15) is 52.0 Å². The largest absolute Gasteiger partial charge is 0.421 e. The molecule has 0 saturated carbocycles. The Labute approximate surface area is 654 Å². The van der Waals surface area contributed by atoms with E-state index in [0.717, 1.165) is 99.2 Å². The van der Waals surface area contributed by atoms with Gasteiger partial charge >= 0.3 is 0 Å². The van der Waals surface area contributed by atoms with Crippen molar-refractivity contribution in [1.82, 2.24) is 29.3 Å². The number of rotatable bonds is 9. The monoisotopic (exact) mass is 1590 g/mol. The van der Waals surface area contributed by atoms with Crippen molar-refractivity contribution in [3.05, 3.63) is 380 Å². The summed E-state index contributed by atoms with van der Waals surface area (Å²) in [5.74, 6) is 1.27. The van der Waals surface area contributed by atoms with Crippen LogP contribution in [0.5, 0.6) is 0 Å². The SMILES string of the molecule is Cc1n[n-]c(-c2ccccn2)n1.[Ir].[c-]1cc2c3c4c(ccc3c1-n1[c-][n+](-c3ccc5ccc6cccc7ccc3c5c67)c(-c3ccccc3)c1-c1ccccc1)C=CCC4=CC2.[c-]1cc2c3c4c(ccc3c1-n1[c-][n+](-c3ccc5ccc6cccc7ccc3c5c67)c(-c3ccccc3)c1-c1ccccc1)C=CCC4=CC2. The van der Waals surface area contributed by atoms with Crippen molar-refractivity contribution in [3.63, 3.8) is 0 Å². The van der Waals surface area contributed by atoms with Gasteiger partial charge in [-0.15, -0.1) is 44.8 Å². The average Bonchev–Trinajstić information content (AvgIpc) is 1.64. The fourth-order valence-electron chi connectivity index (χ4n) is 17.9. The number of hydrogen-bond donors (Lipinski definition) is 0. The topological polar surface area (TPSA) is 70.4 Å². The second-order valence-corrected chi connectivity index (χ2v) is 29.0. The van der Waals surface area contributed by atoms with Gasteiger partial charge in [0.2, 0.25) is 0 Å². The van der Waals surface area contributed by atoms with Gasteiger partial charge in [-0.3, -0.25) is 19.2 Å².